The third kappa shape index (κ3) is 5.54. The van der Waals surface area contributed by atoms with Crippen molar-refractivity contribution in [2.45, 2.75) is 45.3 Å². The molecule has 0 bridgehead atoms. The minimum Gasteiger partial charge on any atom is -0.381 e. The molecule has 5 rings (SSSR count). The fourth-order valence-electron chi connectivity index (χ4n) is 5.31. The van der Waals surface area contributed by atoms with Crippen molar-refractivity contribution in [2.24, 2.45) is 5.41 Å². The van der Waals surface area contributed by atoms with Crippen molar-refractivity contribution in [1.82, 2.24) is 9.88 Å². The molecule has 2 aliphatic rings. The quantitative estimate of drug-likeness (QED) is 0.521. The molecule has 0 saturated carbocycles. The molecular weight excluding hydrogens is 441 g/mol. The molecule has 1 amide bonds. The van der Waals surface area contributed by atoms with Crippen LogP contribution in [-0.2, 0) is 17.7 Å². The zero-order valence-corrected chi connectivity index (χ0v) is 20.2. The summed E-state index contributed by atoms with van der Waals surface area (Å²) in [5.41, 5.74) is 4.99. The van der Waals surface area contributed by atoms with Gasteiger partial charge in [-0.1, -0.05) is 24.3 Å². The molecule has 2 saturated heterocycles. The molecule has 0 aliphatic carbocycles. The molecule has 5 nitrogen and oxygen atoms in total. The largest absolute Gasteiger partial charge is 0.381 e. The monoisotopic (exact) mass is 473 g/mol. The van der Waals surface area contributed by atoms with Crippen LogP contribution < -0.4 is 5.32 Å². The number of aromatic nitrogens is 1. The highest BCUT2D eigenvalue weighted by Gasteiger charge is 2.43. The smallest absolute Gasteiger partial charge is 0.253 e. The Morgan fingerprint density at radius 3 is 2.74 bits per heavy atom. The summed E-state index contributed by atoms with van der Waals surface area (Å²) < 4.78 is 19.7. The summed E-state index contributed by atoms with van der Waals surface area (Å²) in [4.78, 5) is 19.4. The molecule has 1 spiro atoms. The maximum atomic E-state index is 13.5. The molecule has 2 aliphatic heterocycles. The Balaban J connectivity index is 1.17. The number of amides is 1. The van der Waals surface area contributed by atoms with E-state index in [1.807, 2.05) is 54.4 Å². The van der Waals surface area contributed by atoms with E-state index in [0.717, 1.165) is 67.8 Å². The summed E-state index contributed by atoms with van der Waals surface area (Å²) in [6, 6.07) is 16.6. The SMILES string of the molecule is Cc1ccc(C(=O)N2CCC3(CC2)CO[C@@H](Cc2cccc(F)c2)C3)cc1NCc1cccnc1. The van der Waals surface area contributed by atoms with Gasteiger partial charge in [-0.25, -0.2) is 4.39 Å². The number of ether oxygens (including phenoxy) is 1. The van der Waals surface area contributed by atoms with Crippen molar-refractivity contribution in [1.29, 1.82) is 0 Å². The number of pyridine rings is 1. The first-order valence-corrected chi connectivity index (χ1v) is 12.4. The van der Waals surface area contributed by atoms with E-state index in [2.05, 4.69) is 10.3 Å². The van der Waals surface area contributed by atoms with Crippen LogP contribution in [0.5, 0.6) is 0 Å². The molecule has 0 radical (unpaired) electrons. The molecule has 35 heavy (non-hydrogen) atoms. The summed E-state index contributed by atoms with van der Waals surface area (Å²) in [6.07, 6.45) is 7.31. The lowest BCUT2D eigenvalue weighted by atomic mass is 9.76. The highest BCUT2D eigenvalue weighted by atomic mass is 19.1. The number of carbonyl (C=O) groups is 1. The third-order valence-electron chi connectivity index (χ3n) is 7.44. The van der Waals surface area contributed by atoms with Gasteiger partial charge >= 0.3 is 0 Å². The van der Waals surface area contributed by atoms with Crippen LogP contribution in [0.4, 0.5) is 10.1 Å². The molecule has 0 unspecified atom stereocenters. The van der Waals surface area contributed by atoms with Crippen LogP contribution in [0, 0.1) is 18.2 Å². The van der Waals surface area contributed by atoms with Crippen LogP contribution in [0.3, 0.4) is 0 Å². The summed E-state index contributed by atoms with van der Waals surface area (Å²) in [5.74, 6) is -0.118. The second-order valence-corrected chi connectivity index (χ2v) is 10.0. The maximum Gasteiger partial charge on any atom is 0.253 e. The van der Waals surface area contributed by atoms with Gasteiger partial charge in [-0.3, -0.25) is 9.78 Å². The molecule has 1 atom stereocenters. The van der Waals surface area contributed by atoms with Gasteiger partial charge in [0.1, 0.15) is 5.82 Å². The van der Waals surface area contributed by atoms with E-state index < -0.39 is 0 Å². The first-order chi connectivity index (χ1) is 17.0. The van der Waals surface area contributed by atoms with E-state index in [4.69, 9.17) is 4.74 Å². The number of rotatable bonds is 6. The number of nitrogens with one attached hydrogen (secondary N) is 1. The molecule has 6 heteroatoms. The van der Waals surface area contributed by atoms with Gasteiger partial charge in [0.15, 0.2) is 0 Å². The second kappa shape index (κ2) is 10.2. The Hall–Kier alpha value is -3.25. The fourth-order valence-corrected chi connectivity index (χ4v) is 5.31. The minimum absolute atomic E-state index is 0.0829. The van der Waals surface area contributed by atoms with Crippen molar-refractivity contribution >= 4 is 11.6 Å². The number of carbonyl (C=O) groups excluding carboxylic acids is 1. The maximum absolute atomic E-state index is 13.5. The third-order valence-corrected chi connectivity index (χ3v) is 7.44. The van der Waals surface area contributed by atoms with Crippen LogP contribution in [0.2, 0.25) is 0 Å². The Bertz CT molecular complexity index is 1180. The highest BCUT2D eigenvalue weighted by molar-refractivity contribution is 5.95. The number of benzene rings is 2. The Morgan fingerprint density at radius 2 is 1.97 bits per heavy atom. The molecule has 3 heterocycles. The minimum atomic E-state index is -0.200. The lowest BCUT2D eigenvalue weighted by Gasteiger charge is -2.38. The average Bonchev–Trinajstić information content (AvgIpc) is 3.26. The van der Waals surface area contributed by atoms with Crippen LogP contribution >= 0.6 is 0 Å². The van der Waals surface area contributed by atoms with Crippen LogP contribution in [0.1, 0.15) is 46.3 Å². The number of piperidine rings is 1. The fraction of sp³-hybridized carbons (Fsp3) is 0.379. The van der Waals surface area contributed by atoms with Crippen molar-refractivity contribution in [3.63, 3.8) is 0 Å². The molecule has 182 valence electrons. The van der Waals surface area contributed by atoms with Gasteiger partial charge in [-0.15, -0.1) is 0 Å². The molecule has 2 aromatic carbocycles. The number of likely N-dealkylation sites (tertiary alicyclic amines) is 1. The van der Waals surface area contributed by atoms with Crippen LogP contribution in [0.25, 0.3) is 0 Å². The summed E-state index contributed by atoms with van der Waals surface area (Å²) >= 11 is 0. The number of aryl methyl sites for hydroxylation is 1. The average molecular weight is 474 g/mol. The molecule has 1 aromatic heterocycles. The summed E-state index contributed by atoms with van der Waals surface area (Å²) in [6.45, 7) is 4.91. The normalized spacial score (nSPS) is 19.1. The van der Waals surface area contributed by atoms with Crippen molar-refractivity contribution in [3.05, 3.63) is 95.1 Å². The Morgan fingerprint density at radius 1 is 1.14 bits per heavy atom. The number of nitrogens with zero attached hydrogens (tertiary/aromatic N) is 2. The zero-order chi connectivity index (χ0) is 24.3. The van der Waals surface area contributed by atoms with Gasteiger partial charge in [-0.2, -0.15) is 0 Å². The Kier molecular flexibility index (Phi) is 6.82. The van der Waals surface area contributed by atoms with Crippen molar-refractivity contribution in [3.8, 4) is 0 Å². The van der Waals surface area contributed by atoms with E-state index in [9.17, 15) is 9.18 Å². The molecule has 2 fully saturated rings. The topological polar surface area (TPSA) is 54.5 Å². The van der Waals surface area contributed by atoms with E-state index in [0.29, 0.717) is 12.1 Å². The first kappa shape index (κ1) is 23.5. The predicted octanol–water partition coefficient (Wildman–Crippen LogP) is 5.40. The lowest BCUT2D eigenvalue weighted by molar-refractivity contribution is 0.0496. The number of hydrogen-bond donors (Lipinski definition) is 1. The lowest BCUT2D eigenvalue weighted by Crippen LogP contribution is -2.43. The van der Waals surface area contributed by atoms with E-state index in [-0.39, 0.29) is 23.2 Å². The van der Waals surface area contributed by atoms with Gasteiger partial charge in [0.25, 0.3) is 5.91 Å². The molecule has 1 N–H and O–H groups in total. The van der Waals surface area contributed by atoms with E-state index in [1.165, 1.54) is 6.07 Å². The summed E-state index contributed by atoms with van der Waals surface area (Å²) in [7, 11) is 0. The van der Waals surface area contributed by atoms with E-state index >= 15 is 0 Å². The van der Waals surface area contributed by atoms with Crippen molar-refractivity contribution in [2.75, 3.05) is 25.0 Å². The van der Waals surface area contributed by atoms with Gasteiger partial charge in [-0.05, 0) is 85.0 Å². The van der Waals surface area contributed by atoms with Crippen LogP contribution in [-0.4, -0.2) is 41.6 Å². The predicted molar refractivity (Wildman–Crippen MR) is 135 cm³/mol. The van der Waals surface area contributed by atoms with Gasteiger partial charge in [0, 0.05) is 43.3 Å². The zero-order valence-electron chi connectivity index (χ0n) is 20.2. The molecule has 3 aromatic rings. The number of anilines is 1. The number of hydrogen-bond acceptors (Lipinski definition) is 4. The highest BCUT2D eigenvalue weighted by Crippen LogP contribution is 2.43. The number of halogens is 1. The van der Waals surface area contributed by atoms with Gasteiger partial charge < -0.3 is 15.0 Å². The van der Waals surface area contributed by atoms with Crippen LogP contribution in [0.15, 0.2) is 67.0 Å². The first-order valence-electron chi connectivity index (χ1n) is 12.4. The standard InChI is InChI=1S/C29H32FN3O2/c1-21-7-8-24(16-27(21)32-19-23-5-3-11-31-18-23)28(34)33-12-9-29(10-13-33)17-26(35-20-29)15-22-4-2-6-25(30)14-22/h2-8,11,14,16,18,26,32H,9-10,12-13,15,17,19-20H2,1H3/t26-/m0/s1. The van der Waals surface area contributed by atoms with Gasteiger partial charge in [0.2, 0.25) is 0 Å². The summed E-state index contributed by atoms with van der Waals surface area (Å²) in [5, 5.41) is 3.44. The Labute approximate surface area is 206 Å². The van der Waals surface area contributed by atoms with Crippen molar-refractivity contribution < 1.29 is 13.9 Å². The van der Waals surface area contributed by atoms with E-state index in [1.54, 1.807) is 18.3 Å². The molecular formula is C29H32FN3O2. The second-order valence-electron chi connectivity index (χ2n) is 10.0. The van der Waals surface area contributed by atoms with Gasteiger partial charge in [0.05, 0.1) is 12.7 Å².